The Kier molecular flexibility index (Phi) is 8.66. The number of hydrogen-bond donors (Lipinski definition) is 2. The Morgan fingerprint density at radius 2 is 1.72 bits per heavy atom. The Hall–Kier alpha value is -3.76. The highest BCUT2D eigenvalue weighted by molar-refractivity contribution is 5.96. The van der Waals surface area contributed by atoms with Crippen LogP contribution < -0.4 is 15.5 Å². The van der Waals surface area contributed by atoms with Gasteiger partial charge in [0.1, 0.15) is 12.1 Å². The van der Waals surface area contributed by atoms with E-state index in [2.05, 4.69) is 17.6 Å². The van der Waals surface area contributed by atoms with E-state index in [1.54, 1.807) is 4.90 Å². The molecular weight excluding hydrogens is 511 g/mol. The molecule has 4 rings (SSSR count). The van der Waals surface area contributed by atoms with Crippen molar-refractivity contribution < 1.29 is 27.6 Å². The Labute approximate surface area is 226 Å². The molecule has 0 radical (unpaired) electrons. The van der Waals surface area contributed by atoms with Crippen molar-refractivity contribution in [2.75, 3.05) is 37.7 Å². The van der Waals surface area contributed by atoms with Crippen molar-refractivity contribution in [3.63, 3.8) is 0 Å². The number of halogens is 3. The Morgan fingerprint density at radius 3 is 2.38 bits per heavy atom. The predicted octanol–water partition coefficient (Wildman–Crippen LogP) is 3.97. The molecular formula is C28H34F3N5O3. The number of amides is 4. The number of para-hydroxylation sites is 1. The summed E-state index contributed by atoms with van der Waals surface area (Å²) in [6.45, 7) is 3.37. The maximum Gasteiger partial charge on any atom is 0.416 e. The van der Waals surface area contributed by atoms with Crippen LogP contribution in [0.25, 0.3) is 0 Å². The van der Waals surface area contributed by atoms with Crippen LogP contribution in [0.15, 0.2) is 54.6 Å². The summed E-state index contributed by atoms with van der Waals surface area (Å²) >= 11 is 0. The molecule has 0 atom stereocenters. The first-order valence-electron chi connectivity index (χ1n) is 13.2. The van der Waals surface area contributed by atoms with Crippen LogP contribution in [0.1, 0.15) is 43.7 Å². The van der Waals surface area contributed by atoms with Gasteiger partial charge in [-0.15, -0.1) is 0 Å². The van der Waals surface area contributed by atoms with Gasteiger partial charge in [-0.3, -0.25) is 9.59 Å². The van der Waals surface area contributed by atoms with Gasteiger partial charge in [-0.1, -0.05) is 43.7 Å². The number of nitrogens with one attached hydrogen (secondary N) is 2. The molecule has 0 aliphatic carbocycles. The van der Waals surface area contributed by atoms with Crippen molar-refractivity contribution in [2.45, 2.75) is 50.9 Å². The number of piperidine rings is 1. The van der Waals surface area contributed by atoms with Crippen molar-refractivity contribution >= 4 is 23.5 Å². The summed E-state index contributed by atoms with van der Waals surface area (Å²) in [7, 11) is 0. The SMILES string of the molecule is CCCCNC(=O)N1CCC2(CC1)C(=O)N(CC(=O)NCc1cccc(C(F)(F)F)c1)CN2c1ccccc1. The number of nitrogens with zero attached hydrogens (tertiary/aromatic N) is 3. The second kappa shape index (κ2) is 12.0. The number of carbonyl (C=O) groups is 3. The molecule has 0 aromatic heterocycles. The van der Waals surface area contributed by atoms with Gasteiger partial charge in [-0.05, 0) is 49.1 Å². The summed E-state index contributed by atoms with van der Waals surface area (Å²) in [5.41, 5.74) is -0.505. The Bertz CT molecular complexity index is 1170. The van der Waals surface area contributed by atoms with E-state index in [4.69, 9.17) is 0 Å². The molecule has 2 N–H and O–H groups in total. The predicted molar refractivity (Wildman–Crippen MR) is 141 cm³/mol. The smallest absolute Gasteiger partial charge is 0.350 e. The van der Waals surface area contributed by atoms with Crippen molar-refractivity contribution in [1.29, 1.82) is 0 Å². The third-order valence-electron chi connectivity index (χ3n) is 7.34. The van der Waals surface area contributed by atoms with Gasteiger partial charge in [-0.25, -0.2) is 4.79 Å². The van der Waals surface area contributed by atoms with Crippen LogP contribution >= 0.6 is 0 Å². The van der Waals surface area contributed by atoms with E-state index in [1.807, 2.05) is 35.2 Å². The average Bonchev–Trinajstić information content (AvgIpc) is 3.18. The lowest BCUT2D eigenvalue weighted by Gasteiger charge is -2.43. The first-order chi connectivity index (χ1) is 18.6. The van der Waals surface area contributed by atoms with Gasteiger partial charge in [0.25, 0.3) is 5.91 Å². The number of unbranched alkanes of at least 4 members (excludes halogenated alkanes) is 1. The summed E-state index contributed by atoms with van der Waals surface area (Å²) in [6, 6.07) is 14.1. The van der Waals surface area contributed by atoms with Crippen LogP contribution in [0.3, 0.4) is 0 Å². The second-order valence-electron chi connectivity index (χ2n) is 9.99. The van der Waals surface area contributed by atoms with Crippen molar-refractivity contribution in [1.82, 2.24) is 20.4 Å². The third kappa shape index (κ3) is 6.46. The molecule has 2 aliphatic heterocycles. The van der Waals surface area contributed by atoms with E-state index in [-0.39, 0.29) is 31.7 Å². The molecule has 2 aromatic rings. The molecule has 39 heavy (non-hydrogen) atoms. The Morgan fingerprint density at radius 1 is 1.00 bits per heavy atom. The van der Waals surface area contributed by atoms with Crippen LogP contribution in [0.5, 0.6) is 0 Å². The molecule has 2 aliphatic rings. The maximum atomic E-state index is 13.8. The lowest BCUT2D eigenvalue weighted by atomic mass is 9.85. The van der Waals surface area contributed by atoms with E-state index < -0.39 is 23.2 Å². The molecule has 2 heterocycles. The lowest BCUT2D eigenvalue weighted by molar-refractivity contribution is -0.138. The second-order valence-corrected chi connectivity index (χ2v) is 9.99. The van der Waals surface area contributed by atoms with Gasteiger partial charge in [-0.2, -0.15) is 13.2 Å². The highest BCUT2D eigenvalue weighted by atomic mass is 19.4. The quantitative estimate of drug-likeness (QED) is 0.492. The van der Waals surface area contributed by atoms with E-state index in [0.717, 1.165) is 30.7 Å². The third-order valence-corrected chi connectivity index (χ3v) is 7.34. The van der Waals surface area contributed by atoms with Gasteiger partial charge >= 0.3 is 12.2 Å². The largest absolute Gasteiger partial charge is 0.416 e. The van der Waals surface area contributed by atoms with E-state index in [9.17, 15) is 27.6 Å². The zero-order chi connectivity index (χ0) is 28.0. The molecule has 2 fully saturated rings. The summed E-state index contributed by atoms with van der Waals surface area (Å²) in [5.74, 6) is -0.648. The Balaban J connectivity index is 1.43. The van der Waals surface area contributed by atoms with E-state index >= 15 is 0 Å². The molecule has 2 aromatic carbocycles. The first-order valence-corrected chi connectivity index (χ1v) is 13.2. The molecule has 0 unspecified atom stereocenters. The summed E-state index contributed by atoms with van der Waals surface area (Å²) in [6.07, 6.45) is -1.75. The molecule has 0 saturated carbocycles. The molecule has 11 heteroatoms. The normalized spacial score (nSPS) is 17.0. The lowest BCUT2D eigenvalue weighted by Crippen LogP contribution is -2.58. The number of alkyl halides is 3. The number of urea groups is 1. The monoisotopic (exact) mass is 545 g/mol. The number of likely N-dealkylation sites (tertiary alicyclic amines) is 1. The zero-order valence-electron chi connectivity index (χ0n) is 22.0. The van der Waals surface area contributed by atoms with E-state index in [1.165, 1.54) is 17.0 Å². The number of rotatable bonds is 8. The van der Waals surface area contributed by atoms with Crippen LogP contribution in [-0.2, 0) is 22.3 Å². The fourth-order valence-corrected chi connectivity index (χ4v) is 5.17. The van der Waals surface area contributed by atoms with E-state index in [0.29, 0.717) is 38.0 Å². The molecule has 1 spiro atoms. The zero-order valence-corrected chi connectivity index (χ0v) is 22.0. The summed E-state index contributed by atoms with van der Waals surface area (Å²) in [5, 5.41) is 5.56. The van der Waals surface area contributed by atoms with Crippen molar-refractivity contribution in [3.05, 3.63) is 65.7 Å². The van der Waals surface area contributed by atoms with Crippen LogP contribution in [0, 0.1) is 0 Å². The van der Waals surface area contributed by atoms with Crippen molar-refractivity contribution in [2.24, 2.45) is 0 Å². The van der Waals surface area contributed by atoms with Crippen LogP contribution in [0.2, 0.25) is 0 Å². The molecule has 8 nitrogen and oxygen atoms in total. The summed E-state index contributed by atoms with van der Waals surface area (Å²) < 4.78 is 39.0. The van der Waals surface area contributed by atoms with Gasteiger partial charge in [0.05, 0.1) is 12.2 Å². The topological polar surface area (TPSA) is 85.0 Å². The highest BCUT2D eigenvalue weighted by Crippen LogP contribution is 2.39. The number of anilines is 1. The minimum Gasteiger partial charge on any atom is -0.350 e. The van der Waals surface area contributed by atoms with Crippen LogP contribution in [0.4, 0.5) is 23.7 Å². The molecule has 210 valence electrons. The van der Waals surface area contributed by atoms with Gasteiger partial charge < -0.3 is 25.3 Å². The van der Waals surface area contributed by atoms with Gasteiger partial charge in [0.15, 0.2) is 0 Å². The number of benzene rings is 2. The molecule has 0 bridgehead atoms. The molecule has 4 amide bonds. The standard InChI is InChI=1S/C28H34F3N5O3/c1-2-3-14-32-26(39)34-15-12-27(13-16-34)25(38)35(20-36(27)23-10-5-4-6-11-23)19-24(37)33-18-21-8-7-9-22(17-21)28(29,30)31/h4-11,17H,2-3,12-16,18-20H2,1H3,(H,32,39)(H,33,37). The number of carbonyl (C=O) groups excluding carboxylic acids is 3. The minimum atomic E-state index is -4.47. The number of hydrogen-bond acceptors (Lipinski definition) is 4. The average molecular weight is 546 g/mol. The van der Waals surface area contributed by atoms with Crippen molar-refractivity contribution in [3.8, 4) is 0 Å². The molecule has 2 saturated heterocycles. The fourth-order valence-electron chi connectivity index (χ4n) is 5.17. The minimum absolute atomic E-state index is 0.0829. The first kappa shape index (κ1) is 28.3. The van der Waals surface area contributed by atoms with Crippen LogP contribution in [-0.4, -0.2) is 66.0 Å². The van der Waals surface area contributed by atoms with Gasteiger partial charge in [0, 0.05) is 31.9 Å². The summed E-state index contributed by atoms with van der Waals surface area (Å²) in [4.78, 5) is 44.3. The van der Waals surface area contributed by atoms with Gasteiger partial charge in [0.2, 0.25) is 5.91 Å². The fraction of sp³-hybridized carbons (Fsp3) is 0.464. The highest BCUT2D eigenvalue weighted by Gasteiger charge is 2.54. The maximum absolute atomic E-state index is 13.8.